The minimum atomic E-state index is -0.874. The normalized spacial score (nSPS) is 14.2. The number of carbonyl (C=O) groups excluding carboxylic acids is 3. The highest BCUT2D eigenvalue weighted by Gasteiger charge is 2.35. The zero-order valence-corrected chi connectivity index (χ0v) is 18.3. The van der Waals surface area contributed by atoms with Crippen LogP contribution < -0.4 is 16.6 Å². The Morgan fingerprint density at radius 1 is 1.10 bits per heavy atom. The molecule has 1 aromatic rings. The molecule has 0 aromatic heterocycles. The smallest absolute Gasteiger partial charge is 0.257 e. The Balaban J connectivity index is 3.10. The summed E-state index contributed by atoms with van der Waals surface area (Å²) in [6.45, 7) is 4.79. The van der Waals surface area contributed by atoms with E-state index in [4.69, 9.17) is 5.73 Å². The fourth-order valence-corrected chi connectivity index (χ4v) is 3.20. The molecule has 0 spiro atoms. The van der Waals surface area contributed by atoms with Gasteiger partial charge < -0.3 is 10.8 Å². The largest absolute Gasteiger partial charge is 0.394 e. The molecule has 0 unspecified atom stereocenters. The maximum absolute atomic E-state index is 13.1. The van der Waals surface area contributed by atoms with Crippen molar-refractivity contribution in [2.75, 3.05) is 13.2 Å². The molecule has 6 N–H and O–H groups in total. The van der Waals surface area contributed by atoms with Gasteiger partial charge in [-0.1, -0.05) is 56.3 Å². The Bertz CT molecular complexity index is 737. The third kappa shape index (κ3) is 8.87. The molecule has 1 rings (SSSR count). The molecule has 0 bridgehead atoms. The number of allylic oxidation sites excluding steroid dienone is 1. The highest BCUT2D eigenvalue weighted by atomic mass is 16.5. The van der Waals surface area contributed by atoms with E-state index in [0.29, 0.717) is 6.42 Å². The molecule has 3 amide bonds. The summed E-state index contributed by atoms with van der Waals surface area (Å²) in [4.78, 5) is 37.7. The number of hydrazine groups is 1. The lowest BCUT2D eigenvalue weighted by Gasteiger charge is -2.30. The molecule has 0 aliphatic heterocycles. The van der Waals surface area contributed by atoms with E-state index in [2.05, 4.69) is 5.43 Å². The average molecular weight is 435 g/mol. The van der Waals surface area contributed by atoms with Crippen LogP contribution in [0.1, 0.15) is 39.2 Å². The van der Waals surface area contributed by atoms with Gasteiger partial charge in [-0.15, -0.1) is 0 Å². The monoisotopic (exact) mass is 434 g/mol. The van der Waals surface area contributed by atoms with Crippen LogP contribution in [0.15, 0.2) is 36.4 Å². The summed E-state index contributed by atoms with van der Waals surface area (Å²) < 4.78 is 0. The molecular weight excluding hydrogens is 400 g/mol. The average Bonchev–Trinajstić information content (AvgIpc) is 2.74. The summed E-state index contributed by atoms with van der Waals surface area (Å²) in [5, 5.41) is 19.4. The van der Waals surface area contributed by atoms with Crippen LogP contribution in [0.5, 0.6) is 0 Å². The van der Waals surface area contributed by atoms with Gasteiger partial charge in [-0.05, 0) is 31.2 Å². The van der Waals surface area contributed by atoms with Gasteiger partial charge in [0.15, 0.2) is 0 Å². The van der Waals surface area contributed by atoms with Crippen LogP contribution in [0.2, 0.25) is 0 Å². The van der Waals surface area contributed by atoms with Crippen molar-refractivity contribution in [3.63, 3.8) is 0 Å². The predicted molar refractivity (Wildman–Crippen MR) is 117 cm³/mol. The third-order valence-corrected chi connectivity index (χ3v) is 4.72. The van der Waals surface area contributed by atoms with E-state index in [-0.39, 0.29) is 25.5 Å². The standard InChI is InChI=1S/C22H34N4O5/c1-15(2)14-19(20(28)24-26(12-13-27)22(30)16(3)23)18(21(29)25-31)11-7-10-17-8-5-4-6-9-17/h4-10,15-16,18-19,27,31H,11-14,23H2,1-3H3,(H,24,28)(H,25,29)/t16-,18+,19-/m1/s1. The molecule has 9 nitrogen and oxygen atoms in total. The summed E-state index contributed by atoms with van der Waals surface area (Å²) in [5.41, 5.74) is 10.7. The molecule has 172 valence electrons. The van der Waals surface area contributed by atoms with E-state index in [1.165, 1.54) is 6.92 Å². The number of benzene rings is 1. The van der Waals surface area contributed by atoms with E-state index in [0.717, 1.165) is 10.6 Å². The fraction of sp³-hybridized carbons (Fsp3) is 0.500. The second-order valence-electron chi connectivity index (χ2n) is 7.85. The van der Waals surface area contributed by atoms with E-state index in [1.807, 2.05) is 50.3 Å². The molecule has 3 atom stereocenters. The minimum Gasteiger partial charge on any atom is -0.394 e. The van der Waals surface area contributed by atoms with Crippen LogP contribution in [-0.4, -0.2) is 52.2 Å². The van der Waals surface area contributed by atoms with E-state index >= 15 is 0 Å². The molecule has 0 saturated carbocycles. The Morgan fingerprint density at radius 3 is 2.26 bits per heavy atom. The lowest BCUT2D eigenvalue weighted by atomic mass is 9.82. The second kappa shape index (κ2) is 13.5. The van der Waals surface area contributed by atoms with E-state index < -0.39 is 35.6 Å². The van der Waals surface area contributed by atoms with Gasteiger partial charge in [-0.3, -0.25) is 30.0 Å². The molecule has 0 aliphatic rings. The molecule has 0 fully saturated rings. The van der Waals surface area contributed by atoms with Crippen molar-refractivity contribution in [1.29, 1.82) is 0 Å². The number of hydrogen-bond acceptors (Lipinski definition) is 6. The quantitative estimate of drug-likeness (QED) is 0.260. The van der Waals surface area contributed by atoms with Crippen LogP contribution in [-0.2, 0) is 14.4 Å². The van der Waals surface area contributed by atoms with Gasteiger partial charge >= 0.3 is 0 Å². The van der Waals surface area contributed by atoms with Crippen LogP contribution in [0.25, 0.3) is 6.08 Å². The number of nitrogens with one attached hydrogen (secondary N) is 2. The van der Waals surface area contributed by atoms with Gasteiger partial charge in [0.25, 0.3) is 5.91 Å². The first-order valence-corrected chi connectivity index (χ1v) is 10.3. The van der Waals surface area contributed by atoms with Gasteiger partial charge in [-0.25, -0.2) is 5.48 Å². The molecule has 1 aromatic carbocycles. The second-order valence-corrected chi connectivity index (χ2v) is 7.85. The summed E-state index contributed by atoms with van der Waals surface area (Å²) in [5.74, 6) is -3.43. The summed E-state index contributed by atoms with van der Waals surface area (Å²) in [6, 6.07) is 8.60. The number of amides is 3. The maximum Gasteiger partial charge on any atom is 0.257 e. The lowest BCUT2D eigenvalue weighted by molar-refractivity contribution is -0.148. The van der Waals surface area contributed by atoms with Crippen molar-refractivity contribution in [2.45, 2.75) is 39.7 Å². The molecule has 31 heavy (non-hydrogen) atoms. The van der Waals surface area contributed by atoms with Crippen molar-refractivity contribution >= 4 is 23.8 Å². The van der Waals surface area contributed by atoms with Crippen molar-refractivity contribution < 1.29 is 24.7 Å². The van der Waals surface area contributed by atoms with Gasteiger partial charge in [0, 0.05) is 0 Å². The number of carbonyl (C=O) groups is 3. The Hall–Kier alpha value is -2.75. The Morgan fingerprint density at radius 2 is 1.74 bits per heavy atom. The van der Waals surface area contributed by atoms with Crippen LogP contribution >= 0.6 is 0 Å². The zero-order chi connectivity index (χ0) is 23.4. The number of aliphatic hydroxyl groups is 1. The van der Waals surface area contributed by atoms with Crippen molar-refractivity contribution in [3.8, 4) is 0 Å². The molecular formula is C22H34N4O5. The number of hydrogen-bond donors (Lipinski definition) is 5. The third-order valence-electron chi connectivity index (χ3n) is 4.72. The Labute approximate surface area is 183 Å². The highest BCUT2D eigenvalue weighted by Crippen LogP contribution is 2.25. The zero-order valence-electron chi connectivity index (χ0n) is 18.3. The minimum absolute atomic E-state index is 0.0678. The molecule has 9 heteroatoms. The fourth-order valence-electron chi connectivity index (χ4n) is 3.20. The maximum atomic E-state index is 13.1. The summed E-state index contributed by atoms with van der Waals surface area (Å²) in [6.07, 6.45) is 4.16. The van der Waals surface area contributed by atoms with Gasteiger partial charge in [0.1, 0.15) is 0 Å². The number of nitrogens with zero attached hydrogens (tertiary/aromatic N) is 1. The van der Waals surface area contributed by atoms with E-state index in [9.17, 15) is 24.7 Å². The predicted octanol–water partition coefficient (Wildman–Crippen LogP) is 1.07. The Kier molecular flexibility index (Phi) is 11.5. The van der Waals surface area contributed by atoms with Crippen LogP contribution in [0.4, 0.5) is 0 Å². The molecule has 0 heterocycles. The first-order valence-electron chi connectivity index (χ1n) is 10.3. The van der Waals surface area contributed by atoms with Crippen LogP contribution in [0.3, 0.4) is 0 Å². The van der Waals surface area contributed by atoms with Gasteiger partial charge in [0.05, 0.1) is 31.0 Å². The molecule has 0 saturated heterocycles. The summed E-state index contributed by atoms with van der Waals surface area (Å²) >= 11 is 0. The number of nitrogens with two attached hydrogens (primary N) is 1. The van der Waals surface area contributed by atoms with E-state index in [1.54, 1.807) is 11.6 Å². The number of rotatable bonds is 11. The SMILES string of the molecule is CC(C)C[C@@H](C(=O)NN(CCO)C(=O)[C@@H](C)N)[C@H](CC=Cc1ccccc1)C(=O)NO. The van der Waals surface area contributed by atoms with Gasteiger partial charge in [-0.2, -0.15) is 0 Å². The first-order chi connectivity index (χ1) is 14.7. The summed E-state index contributed by atoms with van der Waals surface area (Å²) in [7, 11) is 0. The van der Waals surface area contributed by atoms with Crippen molar-refractivity contribution in [1.82, 2.24) is 15.9 Å². The highest BCUT2D eigenvalue weighted by molar-refractivity contribution is 5.89. The molecule has 0 radical (unpaired) electrons. The van der Waals surface area contributed by atoms with Crippen molar-refractivity contribution in [2.24, 2.45) is 23.5 Å². The number of aliphatic hydroxyl groups excluding tert-OH is 1. The molecule has 0 aliphatic carbocycles. The first kappa shape index (κ1) is 26.3. The van der Waals surface area contributed by atoms with Crippen molar-refractivity contribution in [3.05, 3.63) is 42.0 Å². The number of hydroxylamine groups is 1. The van der Waals surface area contributed by atoms with Gasteiger partial charge in [0.2, 0.25) is 11.8 Å². The lowest BCUT2D eigenvalue weighted by Crippen LogP contribution is -2.55. The topological polar surface area (TPSA) is 145 Å². The van der Waals surface area contributed by atoms with Crippen LogP contribution in [0, 0.1) is 17.8 Å².